The van der Waals surface area contributed by atoms with Crippen molar-refractivity contribution >= 4 is 18.2 Å². The van der Waals surface area contributed by atoms with Crippen molar-refractivity contribution < 1.29 is 9.53 Å². The molecule has 14 heavy (non-hydrogen) atoms. The van der Waals surface area contributed by atoms with Crippen LogP contribution in [0.5, 0.6) is 0 Å². The molecule has 0 unspecified atom stereocenters. The molecule has 0 aromatic carbocycles. The van der Waals surface area contributed by atoms with E-state index in [2.05, 4.69) is 4.98 Å². The number of carbonyl (C=O) groups is 1. The van der Waals surface area contributed by atoms with E-state index < -0.39 is 5.97 Å². The Bertz CT molecular complexity index is 445. The molecule has 0 aliphatic carbocycles. The van der Waals surface area contributed by atoms with E-state index in [-0.39, 0.29) is 5.56 Å². The number of carbonyl (C=O) groups excluding carboxylic acids is 1. The van der Waals surface area contributed by atoms with Crippen LogP contribution in [0.25, 0.3) is 0 Å². The van der Waals surface area contributed by atoms with E-state index in [1.807, 2.05) is 6.07 Å². The largest absolute Gasteiger partial charge is 0.462 e. The Labute approximate surface area is 86.1 Å². The van der Waals surface area contributed by atoms with Crippen LogP contribution in [0.4, 0.5) is 0 Å². The van der Waals surface area contributed by atoms with Gasteiger partial charge in [-0.3, -0.25) is 0 Å². The maximum Gasteiger partial charge on any atom is 0.341 e. The van der Waals surface area contributed by atoms with Gasteiger partial charge in [0.25, 0.3) is 0 Å². The summed E-state index contributed by atoms with van der Waals surface area (Å²) >= 11 is 4.92. The fraction of sp³-hybridized carbons (Fsp3) is 0.222. The van der Waals surface area contributed by atoms with E-state index in [1.165, 1.54) is 12.3 Å². The van der Waals surface area contributed by atoms with Crippen molar-refractivity contribution in [2.45, 2.75) is 6.92 Å². The van der Waals surface area contributed by atoms with Crippen molar-refractivity contribution in [1.82, 2.24) is 4.98 Å². The van der Waals surface area contributed by atoms with Crippen LogP contribution in [0.15, 0.2) is 12.3 Å². The zero-order valence-corrected chi connectivity index (χ0v) is 8.35. The summed E-state index contributed by atoms with van der Waals surface area (Å²) < 4.78 is 5.09. The minimum atomic E-state index is -0.474. The predicted octanol–water partition coefficient (Wildman–Crippen LogP) is 1.79. The molecule has 1 heterocycles. The van der Waals surface area contributed by atoms with Gasteiger partial charge in [-0.05, 0) is 13.0 Å². The summed E-state index contributed by atoms with van der Waals surface area (Å²) in [5, 5.41) is 8.55. The molecule has 0 spiro atoms. The number of hydrogen-bond donors (Lipinski definition) is 1. The van der Waals surface area contributed by atoms with Gasteiger partial charge in [-0.1, -0.05) is 12.2 Å². The highest BCUT2D eigenvalue weighted by Gasteiger charge is 2.08. The van der Waals surface area contributed by atoms with Gasteiger partial charge in [0.05, 0.1) is 16.7 Å². The van der Waals surface area contributed by atoms with Crippen LogP contribution in [0.1, 0.15) is 23.0 Å². The smallest absolute Gasteiger partial charge is 0.341 e. The number of aromatic nitrogens is 1. The monoisotopic (exact) mass is 208 g/mol. The minimum Gasteiger partial charge on any atom is -0.462 e. The molecule has 0 aliphatic rings. The third kappa shape index (κ3) is 2.18. The van der Waals surface area contributed by atoms with Gasteiger partial charge in [0, 0.05) is 6.20 Å². The Morgan fingerprint density at radius 3 is 3.00 bits per heavy atom. The number of esters is 1. The molecule has 0 saturated heterocycles. The van der Waals surface area contributed by atoms with Gasteiger partial charge in [0.1, 0.15) is 11.8 Å². The van der Waals surface area contributed by atoms with Crippen molar-refractivity contribution in [3.63, 3.8) is 0 Å². The summed E-state index contributed by atoms with van der Waals surface area (Å²) in [5.74, 6) is -0.474. The van der Waals surface area contributed by atoms with Gasteiger partial charge in [0.2, 0.25) is 0 Å². The normalized spacial score (nSPS) is 9.14. The highest BCUT2D eigenvalue weighted by Crippen LogP contribution is 2.05. The van der Waals surface area contributed by atoms with Gasteiger partial charge < -0.3 is 9.72 Å². The number of aromatic amines is 1. The second kappa shape index (κ2) is 4.53. The lowest BCUT2D eigenvalue weighted by atomic mass is 10.2. The van der Waals surface area contributed by atoms with Crippen LogP contribution < -0.4 is 0 Å². The summed E-state index contributed by atoms with van der Waals surface area (Å²) in [6.07, 6.45) is 1.39. The zero-order chi connectivity index (χ0) is 10.6. The van der Waals surface area contributed by atoms with Gasteiger partial charge in [-0.25, -0.2) is 4.79 Å². The number of nitrogens with one attached hydrogen (secondary N) is 1. The maximum absolute atomic E-state index is 11.3. The maximum atomic E-state index is 11.3. The fourth-order valence-corrected chi connectivity index (χ4v) is 1.16. The van der Waals surface area contributed by atoms with E-state index in [1.54, 1.807) is 6.92 Å². The Hall–Kier alpha value is -1.67. The molecule has 0 aliphatic heterocycles. The molecule has 5 heteroatoms. The molecule has 0 amide bonds. The van der Waals surface area contributed by atoms with Gasteiger partial charge in [0.15, 0.2) is 0 Å². The highest BCUT2D eigenvalue weighted by molar-refractivity contribution is 7.71. The van der Waals surface area contributed by atoms with Crippen molar-refractivity contribution in [2.75, 3.05) is 6.61 Å². The molecule has 0 radical (unpaired) electrons. The first-order valence-corrected chi connectivity index (χ1v) is 4.39. The predicted molar refractivity (Wildman–Crippen MR) is 52.3 cm³/mol. The summed E-state index contributed by atoms with van der Waals surface area (Å²) in [4.78, 5) is 13.9. The Morgan fingerprint density at radius 1 is 1.79 bits per heavy atom. The van der Waals surface area contributed by atoms with Crippen molar-refractivity contribution in [3.05, 3.63) is 28.0 Å². The minimum absolute atomic E-state index is 0.279. The van der Waals surface area contributed by atoms with Crippen molar-refractivity contribution in [1.29, 1.82) is 5.26 Å². The summed E-state index contributed by atoms with van der Waals surface area (Å²) in [6, 6.07) is 3.32. The van der Waals surface area contributed by atoms with Crippen LogP contribution in [-0.4, -0.2) is 17.6 Å². The van der Waals surface area contributed by atoms with Crippen molar-refractivity contribution in [2.24, 2.45) is 0 Å². The fourth-order valence-electron chi connectivity index (χ4n) is 0.904. The van der Waals surface area contributed by atoms with Crippen LogP contribution in [0.2, 0.25) is 0 Å². The molecule has 72 valence electrons. The third-order valence-corrected chi connectivity index (χ3v) is 1.87. The van der Waals surface area contributed by atoms with Crippen LogP contribution in [-0.2, 0) is 4.74 Å². The highest BCUT2D eigenvalue weighted by atomic mass is 32.1. The van der Waals surface area contributed by atoms with E-state index in [0.717, 1.165) is 0 Å². The molecule has 1 aromatic rings. The number of nitrogens with zero attached hydrogens (tertiary/aromatic N) is 1. The molecule has 1 aromatic heterocycles. The summed E-state index contributed by atoms with van der Waals surface area (Å²) in [7, 11) is 0. The van der Waals surface area contributed by atoms with Crippen molar-refractivity contribution in [3.8, 4) is 6.07 Å². The molecular weight excluding hydrogens is 200 g/mol. The molecule has 0 fully saturated rings. The van der Waals surface area contributed by atoms with E-state index in [4.69, 9.17) is 22.2 Å². The molecule has 1 rings (SSSR count). The second-order valence-electron chi connectivity index (χ2n) is 2.46. The number of rotatable bonds is 2. The van der Waals surface area contributed by atoms with Gasteiger partial charge in [-0.15, -0.1) is 0 Å². The lowest BCUT2D eigenvalue weighted by molar-refractivity contribution is 0.0525. The first-order valence-electron chi connectivity index (χ1n) is 3.99. The van der Waals surface area contributed by atoms with Gasteiger partial charge in [-0.2, -0.15) is 5.26 Å². The number of pyridine rings is 1. The number of nitriles is 1. The van der Waals surface area contributed by atoms with E-state index in [9.17, 15) is 4.79 Å². The van der Waals surface area contributed by atoms with Crippen LogP contribution in [0, 0.1) is 15.8 Å². The third-order valence-electron chi connectivity index (χ3n) is 1.53. The molecule has 1 N–H and O–H groups in total. The Kier molecular flexibility index (Phi) is 3.37. The standard InChI is InChI=1S/C9H8N2O2S/c1-2-13-9(12)7-5-11-6(4-10)3-8(7)14/h3,5H,2H2,1H3,(H,11,14). The SMILES string of the molecule is CCOC(=O)c1c[nH]c(C#N)cc1=S. The average molecular weight is 208 g/mol. The first kappa shape index (κ1) is 10.4. The molecule has 0 saturated carbocycles. The van der Waals surface area contributed by atoms with E-state index in [0.29, 0.717) is 16.8 Å². The quantitative estimate of drug-likeness (QED) is 0.594. The molecule has 0 atom stereocenters. The number of H-pyrrole nitrogens is 1. The molecular formula is C9H8N2O2S. The van der Waals surface area contributed by atoms with Crippen LogP contribution >= 0.6 is 12.2 Å². The van der Waals surface area contributed by atoms with Gasteiger partial charge >= 0.3 is 5.97 Å². The Balaban J connectivity index is 3.08. The Morgan fingerprint density at radius 2 is 2.50 bits per heavy atom. The topological polar surface area (TPSA) is 65.9 Å². The summed E-state index contributed by atoms with van der Waals surface area (Å²) in [6.45, 7) is 2.02. The lowest BCUT2D eigenvalue weighted by Gasteiger charge is -2.01. The van der Waals surface area contributed by atoms with Crippen LogP contribution in [0.3, 0.4) is 0 Å². The second-order valence-corrected chi connectivity index (χ2v) is 2.90. The molecule has 0 bridgehead atoms. The average Bonchev–Trinajstić information content (AvgIpc) is 2.17. The lowest BCUT2D eigenvalue weighted by Crippen LogP contribution is -2.06. The number of hydrogen-bond acceptors (Lipinski definition) is 4. The first-order chi connectivity index (χ1) is 6.69. The van der Waals surface area contributed by atoms with E-state index >= 15 is 0 Å². The summed E-state index contributed by atoms with van der Waals surface area (Å²) in [5.41, 5.74) is 0.601. The zero-order valence-electron chi connectivity index (χ0n) is 7.53. The molecule has 4 nitrogen and oxygen atoms in total. The number of ether oxygens (including phenoxy) is 1.